The maximum absolute atomic E-state index is 10.6. The zero-order chi connectivity index (χ0) is 12.5. The Morgan fingerprint density at radius 1 is 1.71 bits per heavy atom. The molecule has 1 aromatic rings. The van der Waals surface area contributed by atoms with E-state index in [0.717, 1.165) is 23.5 Å². The van der Waals surface area contributed by atoms with Crippen LogP contribution in [0.15, 0.2) is 5.38 Å². The van der Waals surface area contributed by atoms with E-state index in [1.165, 1.54) is 12.8 Å². The minimum absolute atomic E-state index is 0.151. The lowest BCUT2D eigenvalue weighted by Crippen LogP contribution is -2.40. The van der Waals surface area contributed by atoms with Crippen LogP contribution in [0.1, 0.15) is 49.4 Å². The lowest BCUT2D eigenvalue weighted by Gasteiger charge is -2.42. The molecule has 96 valence electrons. The third-order valence-corrected chi connectivity index (χ3v) is 5.00. The van der Waals surface area contributed by atoms with Gasteiger partial charge in [0.15, 0.2) is 0 Å². The zero-order valence-corrected chi connectivity index (χ0v) is 11.5. The van der Waals surface area contributed by atoms with Crippen molar-refractivity contribution < 1.29 is 5.11 Å². The summed E-state index contributed by atoms with van der Waals surface area (Å²) in [6.45, 7) is 4.77. The van der Waals surface area contributed by atoms with Crippen LogP contribution in [-0.4, -0.2) is 16.6 Å². The van der Waals surface area contributed by atoms with Crippen molar-refractivity contribution in [3.8, 4) is 0 Å². The van der Waals surface area contributed by atoms with Gasteiger partial charge >= 0.3 is 0 Å². The lowest BCUT2D eigenvalue weighted by atomic mass is 9.67. The van der Waals surface area contributed by atoms with Crippen molar-refractivity contribution in [3.05, 3.63) is 16.1 Å². The Hall–Kier alpha value is -0.450. The van der Waals surface area contributed by atoms with E-state index in [1.807, 2.05) is 12.3 Å². The van der Waals surface area contributed by atoms with Gasteiger partial charge in [0.05, 0.1) is 0 Å². The number of thiazole rings is 1. The molecule has 4 heteroatoms. The van der Waals surface area contributed by atoms with Crippen molar-refractivity contribution in [1.82, 2.24) is 4.98 Å². The molecule has 1 aliphatic carbocycles. The second kappa shape index (κ2) is 5.04. The highest BCUT2D eigenvalue weighted by molar-refractivity contribution is 7.09. The monoisotopic (exact) mass is 254 g/mol. The van der Waals surface area contributed by atoms with Gasteiger partial charge in [-0.3, -0.25) is 0 Å². The highest BCUT2D eigenvalue weighted by Crippen LogP contribution is 2.47. The molecule has 3 nitrogen and oxygen atoms in total. The average Bonchev–Trinajstić information content (AvgIpc) is 2.74. The van der Waals surface area contributed by atoms with Crippen LogP contribution in [0.5, 0.6) is 0 Å². The smallest absolute Gasteiger partial charge is 0.122 e. The van der Waals surface area contributed by atoms with E-state index in [-0.39, 0.29) is 5.41 Å². The number of rotatable bonds is 3. The van der Waals surface area contributed by atoms with Crippen molar-refractivity contribution in [1.29, 1.82) is 0 Å². The van der Waals surface area contributed by atoms with Crippen molar-refractivity contribution in [2.75, 3.05) is 6.54 Å². The minimum Gasteiger partial charge on any atom is -0.385 e. The molecule has 1 saturated carbocycles. The molecule has 17 heavy (non-hydrogen) atoms. The normalized spacial score (nSPS) is 31.4. The van der Waals surface area contributed by atoms with Crippen LogP contribution < -0.4 is 5.73 Å². The SMILES string of the molecule is Cc1csc(C(O)C2(CN)CCCC(C)C2)n1. The molecule has 1 aromatic heterocycles. The quantitative estimate of drug-likeness (QED) is 0.871. The summed E-state index contributed by atoms with van der Waals surface area (Å²) < 4.78 is 0. The summed E-state index contributed by atoms with van der Waals surface area (Å²) in [5.41, 5.74) is 6.80. The van der Waals surface area contributed by atoms with Gasteiger partial charge in [-0.25, -0.2) is 4.98 Å². The van der Waals surface area contributed by atoms with Crippen LogP contribution in [0.4, 0.5) is 0 Å². The summed E-state index contributed by atoms with van der Waals surface area (Å²) in [7, 11) is 0. The molecule has 2 rings (SSSR count). The molecule has 0 aliphatic heterocycles. The van der Waals surface area contributed by atoms with Crippen LogP contribution in [0.3, 0.4) is 0 Å². The van der Waals surface area contributed by atoms with E-state index in [9.17, 15) is 5.11 Å². The molecule has 3 unspecified atom stereocenters. The predicted molar refractivity (Wildman–Crippen MR) is 70.9 cm³/mol. The summed E-state index contributed by atoms with van der Waals surface area (Å²) >= 11 is 1.55. The molecular weight excluding hydrogens is 232 g/mol. The number of aromatic nitrogens is 1. The Labute approximate surface area is 107 Å². The van der Waals surface area contributed by atoms with Crippen molar-refractivity contribution in [3.63, 3.8) is 0 Å². The number of aliphatic hydroxyl groups excluding tert-OH is 1. The number of hydrogen-bond donors (Lipinski definition) is 2. The molecule has 3 N–H and O–H groups in total. The Bertz CT molecular complexity index is 379. The molecule has 1 fully saturated rings. The van der Waals surface area contributed by atoms with Crippen molar-refractivity contribution in [2.45, 2.75) is 45.6 Å². The number of hydrogen-bond acceptors (Lipinski definition) is 4. The Balaban J connectivity index is 2.22. The van der Waals surface area contributed by atoms with Crippen LogP contribution in [-0.2, 0) is 0 Å². The van der Waals surface area contributed by atoms with Crippen LogP contribution in [0.2, 0.25) is 0 Å². The average molecular weight is 254 g/mol. The summed E-state index contributed by atoms with van der Waals surface area (Å²) in [6.07, 6.45) is 3.97. The number of aryl methyl sites for hydroxylation is 1. The van der Waals surface area contributed by atoms with Crippen molar-refractivity contribution >= 4 is 11.3 Å². The van der Waals surface area contributed by atoms with E-state index in [1.54, 1.807) is 11.3 Å². The maximum Gasteiger partial charge on any atom is 0.122 e. The first-order chi connectivity index (χ1) is 8.07. The standard InChI is InChI=1S/C13H22N2OS/c1-9-4-3-5-13(6-9,8-14)11(16)12-15-10(2)7-17-12/h7,9,11,16H,3-6,8,14H2,1-2H3. The van der Waals surface area contributed by atoms with E-state index < -0.39 is 6.10 Å². The van der Waals surface area contributed by atoms with Gasteiger partial charge in [-0.05, 0) is 25.7 Å². The van der Waals surface area contributed by atoms with Crippen LogP contribution in [0, 0.1) is 18.3 Å². The van der Waals surface area contributed by atoms with Gasteiger partial charge in [0.1, 0.15) is 11.1 Å². The van der Waals surface area contributed by atoms with E-state index in [2.05, 4.69) is 11.9 Å². The largest absolute Gasteiger partial charge is 0.385 e. The summed E-state index contributed by atoms with van der Waals surface area (Å²) in [4.78, 5) is 4.42. The van der Waals surface area contributed by atoms with Crippen molar-refractivity contribution in [2.24, 2.45) is 17.1 Å². The second-order valence-electron chi connectivity index (χ2n) is 5.50. The van der Waals surface area contributed by atoms with Gasteiger partial charge in [0.2, 0.25) is 0 Å². The Morgan fingerprint density at radius 3 is 3.00 bits per heavy atom. The fourth-order valence-corrected chi connectivity index (χ4v) is 3.93. The first-order valence-electron chi connectivity index (χ1n) is 6.37. The van der Waals surface area contributed by atoms with E-state index in [4.69, 9.17) is 5.73 Å². The third kappa shape index (κ3) is 2.54. The van der Waals surface area contributed by atoms with E-state index >= 15 is 0 Å². The zero-order valence-electron chi connectivity index (χ0n) is 10.6. The molecule has 0 spiro atoms. The Kier molecular flexibility index (Phi) is 3.85. The summed E-state index contributed by atoms with van der Waals surface area (Å²) in [6, 6.07) is 0. The summed E-state index contributed by atoms with van der Waals surface area (Å²) in [5, 5.41) is 13.4. The van der Waals surface area contributed by atoms with Gasteiger partial charge in [-0.15, -0.1) is 11.3 Å². The fraction of sp³-hybridized carbons (Fsp3) is 0.769. The minimum atomic E-state index is -0.492. The number of nitrogens with two attached hydrogens (primary N) is 1. The van der Waals surface area contributed by atoms with Gasteiger partial charge in [0.25, 0.3) is 0 Å². The maximum atomic E-state index is 10.6. The molecule has 0 bridgehead atoms. The first-order valence-corrected chi connectivity index (χ1v) is 7.25. The van der Waals surface area contributed by atoms with Gasteiger partial charge in [-0.2, -0.15) is 0 Å². The summed E-state index contributed by atoms with van der Waals surface area (Å²) in [5.74, 6) is 0.656. The van der Waals surface area contributed by atoms with Gasteiger partial charge < -0.3 is 10.8 Å². The number of nitrogens with zero attached hydrogens (tertiary/aromatic N) is 1. The third-order valence-electron chi connectivity index (χ3n) is 3.98. The van der Waals surface area contributed by atoms with Crippen LogP contribution in [0.25, 0.3) is 0 Å². The van der Waals surface area contributed by atoms with Gasteiger partial charge in [0, 0.05) is 23.0 Å². The second-order valence-corrected chi connectivity index (χ2v) is 6.39. The van der Waals surface area contributed by atoms with Crippen LogP contribution >= 0.6 is 11.3 Å². The van der Waals surface area contributed by atoms with E-state index in [0.29, 0.717) is 12.5 Å². The molecule has 0 aromatic carbocycles. The molecule has 0 saturated heterocycles. The first kappa shape index (κ1) is 13.0. The Morgan fingerprint density at radius 2 is 2.47 bits per heavy atom. The molecule has 3 atom stereocenters. The number of aliphatic hydroxyl groups is 1. The molecule has 1 heterocycles. The highest BCUT2D eigenvalue weighted by Gasteiger charge is 2.41. The van der Waals surface area contributed by atoms with Gasteiger partial charge in [-0.1, -0.05) is 19.8 Å². The predicted octanol–water partition coefficient (Wildman–Crippen LogP) is 2.64. The topological polar surface area (TPSA) is 59.1 Å². The molecule has 0 amide bonds. The fourth-order valence-electron chi connectivity index (χ4n) is 3.01. The molecular formula is C13H22N2OS. The highest BCUT2D eigenvalue weighted by atomic mass is 32.1. The molecule has 1 aliphatic rings. The lowest BCUT2D eigenvalue weighted by molar-refractivity contribution is -0.0132. The molecule has 0 radical (unpaired) electrons.